The number of hydrogen-bond donors (Lipinski definition) is 4. The smallest absolute Gasteiger partial charge is 0.407 e. The summed E-state index contributed by atoms with van der Waals surface area (Å²) < 4.78 is 5.34. The molecule has 2 aromatic heterocycles. The second-order valence-corrected chi connectivity index (χ2v) is 13.1. The molecule has 0 bridgehead atoms. The van der Waals surface area contributed by atoms with Gasteiger partial charge in [-0.1, -0.05) is 24.3 Å². The van der Waals surface area contributed by atoms with Crippen LogP contribution in [0.5, 0.6) is 0 Å². The van der Waals surface area contributed by atoms with Gasteiger partial charge in [-0.15, -0.1) is 0 Å². The number of benzene rings is 2. The van der Waals surface area contributed by atoms with Gasteiger partial charge in [0.1, 0.15) is 5.60 Å². The first-order valence-corrected chi connectivity index (χ1v) is 15.7. The standard InChI is InChI=1S/C35H42N6O5/c1-21-19-37-15-14-27(21)25-7-5-6-23(16-25)17-28(36)32(43)41(26-12-13-29-30(18-26)40-33(44)39-29)31(42)24-10-8-22(9-11-24)20-38-34(45)46-35(2,3)4/h5-7,12-16,18-19,22,24,28H,8-11,17,20,36H2,1-4H3,(H,38,45)(H2,39,40,44)/t22?,24?,28-/m0/s1. The lowest BCUT2D eigenvalue weighted by Gasteiger charge is -2.32. The number of imide groups is 1. The normalized spacial score (nSPS) is 17.3. The summed E-state index contributed by atoms with van der Waals surface area (Å²) in [5.74, 6) is -1.03. The highest BCUT2D eigenvalue weighted by atomic mass is 16.6. The highest BCUT2D eigenvalue weighted by Crippen LogP contribution is 2.32. The molecular weight excluding hydrogens is 584 g/mol. The summed E-state index contributed by atoms with van der Waals surface area (Å²) in [6, 6.07) is 13.8. The molecule has 1 fully saturated rings. The van der Waals surface area contributed by atoms with Gasteiger partial charge < -0.3 is 25.8 Å². The maximum Gasteiger partial charge on any atom is 0.407 e. The molecule has 0 radical (unpaired) electrons. The zero-order valence-electron chi connectivity index (χ0n) is 26.8. The third kappa shape index (κ3) is 7.89. The Morgan fingerprint density at radius 1 is 1.04 bits per heavy atom. The van der Waals surface area contributed by atoms with E-state index in [4.69, 9.17) is 10.5 Å². The number of pyridine rings is 1. The molecule has 5 N–H and O–H groups in total. The molecule has 242 valence electrons. The lowest BCUT2D eigenvalue weighted by molar-refractivity contribution is -0.130. The number of rotatable bonds is 8. The molecule has 2 heterocycles. The number of aryl methyl sites for hydroxylation is 1. The number of carbonyl (C=O) groups is 3. The molecule has 1 atom stereocenters. The first-order chi connectivity index (χ1) is 21.9. The monoisotopic (exact) mass is 626 g/mol. The molecule has 46 heavy (non-hydrogen) atoms. The van der Waals surface area contributed by atoms with Crippen LogP contribution in [0, 0.1) is 18.8 Å². The van der Waals surface area contributed by atoms with Crippen LogP contribution in [0.25, 0.3) is 22.2 Å². The SMILES string of the molecule is Cc1cnccc1-c1cccc(C[C@H](N)C(=O)N(C(=O)C2CCC(CNC(=O)OC(C)(C)C)CC2)c2ccc3[nH]c(=O)[nH]c3c2)c1. The first-order valence-electron chi connectivity index (χ1n) is 15.7. The molecule has 5 rings (SSSR count). The Morgan fingerprint density at radius 2 is 1.78 bits per heavy atom. The van der Waals surface area contributed by atoms with Crippen LogP contribution in [0.3, 0.4) is 0 Å². The van der Waals surface area contributed by atoms with Crippen LogP contribution in [0.2, 0.25) is 0 Å². The minimum atomic E-state index is -0.993. The number of nitrogens with one attached hydrogen (secondary N) is 3. The van der Waals surface area contributed by atoms with Crippen LogP contribution in [-0.2, 0) is 20.7 Å². The third-order valence-corrected chi connectivity index (χ3v) is 8.36. The summed E-state index contributed by atoms with van der Waals surface area (Å²) in [7, 11) is 0. The van der Waals surface area contributed by atoms with Crippen molar-refractivity contribution in [2.75, 3.05) is 11.4 Å². The van der Waals surface area contributed by atoms with Crippen LogP contribution >= 0.6 is 0 Å². The number of anilines is 1. The van der Waals surface area contributed by atoms with Crippen molar-refractivity contribution >= 4 is 34.6 Å². The summed E-state index contributed by atoms with van der Waals surface area (Å²) in [4.78, 5) is 63.0. The van der Waals surface area contributed by atoms with E-state index in [0.717, 1.165) is 22.3 Å². The van der Waals surface area contributed by atoms with Crippen molar-refractivity contribution in [3.8, 4) is 11.1 Å². The van der Waals surface area contributed by atoms with Crippen molar-refractivity contribution in [2.24, 2.45) is 17.6 Å². The van der Waals surface area contributed by atoms with E-state index in [2.05, 4.69) is 20.3 Å². The Morgan fingerprint density at radius 3 is 2.50 bits per heavy atom. The number of H-pyrrole nitrogens is 2. The highest BCUT2D eigenvalue weighted by molar-refractivity contribution is 6.17. The van der Waals surface area contributed by atoms with Crippen molar-refractivity contribution in [3.63, 3.8) is 0 Å². The van der Waals surface area contributed by atoms with Gasteiger partial charge in [-0.2, -0.15) is 0 Å². The lowest BCUT2D eigenvalue weighted by atomic mass is 9.81. The maximum atomic E-state index is 14.1. The summed E-state index contributed by atoms with van der Waals surface area (Å²) in [5.41, 5.74) is 10.9. The second-order valence-electron chi connectivity index (χ2n) is 13.1. The average molecular weight is 627 g/mol. The molecule has 0 unspecified atom stereocenters. The van der Waals surface area contributed by atoms with E-state index in [1.807, 2.05) is 58.0 Å². The molecule has 3 amide bonds. The van der Waals surface area contributed by atoms with Gasteiger partial charge in [0.25, 0.3) is 5.91 Å². The van der Waals surface area contributed by atoms with Crippen molar-refractivity contribution in [3.05, 3.63) is 82.5 Å². The Bertz CT molecular complexity index is 1780. The second kappa shape index (κ2) is 13.7. The van der Waals surface area contributed by atoms with Crippen molar-refractivity contribution in [1.82, 2.24) is 20.3 Å². The van der Waals surface area contributed by atoms with E-state index in [9.17, 15) is 19.2 Å². The molecule has 1 saturated carbocycles. The third-order valence-electron chi connectivity index (χ3n) is 8.36. The van der Waals surface area contributed by atoms with E-state index < -0.39 is 29.6 Å². The Hall–Kier alpha value is -4.77. The molecular formula is C35H42N6O5. The molecule has 1 aliphatic rings. The average Bonchev–Trinajstić information content (AvgIpc) is 3.39. The summed E-state index contributed by atoms with van der Waals surface area (Å²) in [6.45, 7) is 7.89. The number of imidazole rings is 1. The number of nitrogens with zero attached hydrogens (tertiary/aromatic N) is 2. The number of nitrogens with two attached hydrogens (primary N) is 1. The first kappa shape index (κ1) is 32.6. The van der Waals surface area contributed by atoms with Gasteiger partial charge in [-0.05, 0) is 112 Å². The van der Waals surface area contributed by atoms with Crippen LogP contribution in [0.4, 0.5) is 10.5 Å². The predicted octanol–water partition coefficient (Wildman–Crippen LogP) is 4.99. The fraction of sp³-hybridized carbons (Fsp3) is 0.400. The van der Waals surface area contributed by atoms with E-state index in [0.29, 0.717) is 48.9 Å². The number of ether oxygens (including phenoxy) is 1. The summed E-state index contributed by atoms with van der Waals surface area (Å²) in [6.07, 6.45) is 5.87. The molecule has 2 aromatic carbocycles. The lowest BCUT2D eigenvalue weighted by Crippen LogP contribution is -2.50. The summed E-state index contributed by atoms with van der Waals surface area (Å²) in [5, 5.41) is 2.83. The fourth-order valence-corrected chi connectivity index (χ4v) is 6.03. The van der Waals surface area contributed by atoms with Crippen LogP contribution in [-0.4, -0.2) is 51.0 Å². The summed E-state index contributed by atoms with van der Waals surface area (Å²) >= 11 is 0. The molecule has 1 aliphatic carbocycles. The zero-order chi connectivity index (χ0) is 33.0. The highest BCUT2D eigenvalue weighted by Gasteiger charge is 2.35. The topological polar surface area (TPSA) is 163 Å². The number of fused-ring (bicyclic) bond motifs is 1. The molecule has 11 heteroatoms. The van der Waals surface area contributed by atoms with E-state index in [-0.39, 0.29) is 23.9 Å². The Kier molecular flexibility index (Phi) is 9.71. The largest absolute Gasteiger partial charge is 0.444 e. The molecule has 0 aliphatic heterocycles. The molecule has 0 saturated heterocycles. The number of amides is 3. The van der Waals surface area contributed by atoms with Gasteiger partial charge in [0, 0.05) is 24.9 Å². The van der Waals surface area contributed by atoms with Crippen LogP contribution in [0.15, 0.2) is 65.7 Å². The van der Waals surface area contributed by atoms with E-state index in [1.54, 1.807) is 30.6 Å². The minimum absolute atomic E-state index is 0.195. The van der Waals surface area contributed by atoms with Crippen LogP contribution < -0.4 is 21.6 Å². The molecule has 11 nitrogen and oxygen atoms in total. The van der Waals surface area contributed by atoms with Gasteiger partial charge in [-0.3, -0.25) is 14.6 Å². The van der Waals surface area contributed by atoms with Crippen LogP contribution in [0.1, 0.15) is 57.6 Å². The van der Waals surface area contributed by atoms with Crippen molar-refractivity contribution < 1.29 is 19.1 Å². The maximum absolute atomic E-state index is 14.1. The van der Waals surface area contributed by atoms with E-state index >= 15 is 0 Å². The Labute approximate surface area is 267 Å². The fourth-order valence-electron chi connectivity index (χ4n) is 6.03. The number of aromatic amines is 2. The van der Waals surface area contributed by atoms with Gasteiger partial charge in [-0.25, -0.2) is 14.5 Å². The Balaban J connectivity index is 1.33. The zero-order valence-corrected chi connectivity index (χ0v) is 26.8. The predicted molar refractivity (Wildman–Crippen MR) is 177 cm³/mol. The number of alkyl carbamates (subject to hydrolysis) is 1. The van der Waals surface area contributed by atoms with Gasteiger partial charge in [0.15, 0.2) is 0 Å². The quantitative estimate of drug-likeness (QED) is 0.214. The van der Waals surface area contributed by atoms with Gasteiger partial charge in [0.2, 0.25) is 5.91 Å². The van der Waals surface area contributed by atoms with E-state index in [1.165, 1.54) is 4.90 Å². The number of aromatic nitrogens is 3. The van der Waals surface area contributed by atoms with Crippen molar-refractivity contribution in [1.29, 1.82) is 0 Å². The molecule has 0 spiro atoms. The minimum Gasteiger partial charge on any atom is -0.444 e. The van der Waals surface area contributed by atoms with Gasteiger partial charge in [0.05, 0.1) is 22.8 Å². The van der Waals surface area contributed by atoms with Gasteiger partial charge >= 0.3 is 11.8 Å². The number of carbonyl (C=O) groups excluding carboxylic acids is 3. The number of hydrogen-bond acceptors (Lipinski definition) is 7. The molecule has 4 aromatic rings. The van der Waals surface area contributed by atoms with Crippen molar-refractivity contribution in [2.45, 2.75) is 71.4 Å².